The molecule has 9 nitrogen and oxygen atoms in total. The Bertz CT molecular complexity index is 449. The van der Waals surface area contributed by atoms with Crippen LogP contribution in [0.4, 0.5) is 0 Å². The molecule has 0 atom stereocenters. The standard InChI is InChI=1S/C9H19NO3S.C4H8N2O3/c11-14(12,13)8-4-7-10-9-5-2-1-3-6-9;5-1-3(7)6-2-4(8)9/h9-10H,1-8H2,(H,11,12,13);1-2,5H2,(H,6,7)(H,8,9). The molecule has 0 heterocycles. The molecular weight excluding hydrogens is 326 g/mol. The molecule has 0 radical (unpaired) electrons. The molecule has 1 amide bonds. The van der Waals surface area contributed by atoms with Gasteiger partial charge in [0.1, 0.15) is 6.54 Å². The summed E-state index contributed by atoms with van der Waals surface area (Å²) < 4.78 is 29.3. The van der Waals surface area contributed by atoms with Crippen molar-refractivity contribution < 1.29 is 27.7 Å². The van der Waals surface area contributed by atoms with Crippen molar-refractivity contribution in [1.29, 1.82) is 0 Å². The fourth-order valence-electron chi connectivity index (χ4n) is 2.11. The SMILES string of the molecule is NCC(=O)NCC(=O)O.O=S(=O)(O)CCCNC1CCCCC1. The molecule has 1 saturated carbocycles. The minimum absolute atomic E-state index is 0.132. The van der Waals surface area contributed by atoms with Crippen molar-refractivity contribution >= 4 is 22.0 Å². The second-order valence-electron chi connectivity index (χ2n) is 5.30. The molecule has 1 rings (SSSR count). The van der Waals surface area contributed by atoms with Crippen LogP contribution in [0, 0.1) is 0 Å². The number of carbonyl (C=O) groups is 2. The first-order valence-corrected chi connectivity index (χ1v) is 9.22. The summed E-state index contributed by atoms with van der Waals surface area (Å²) in [5.41, 5.74) is 4.85. The highest BCUT2D eigenvalue weighted by atomic mass is 32.2. The lowest BCUT2D eigenvalue weighted by Gasteiger charge is -2.22. The van der Waals surface area contributed by atoms with Crippen LogP contribution in [0.1, 0.15) is 38.5 Å². The molecule has 0 spiro atoms. The molecular formula is C13H27N3O6S. The molecule has 1 aliphatic rings. The maximum atomic E-state index is 10.4. The van der Waals surface area contributed by atoms with Gasteiger partial charge in [0.05, 0.1) is 12.3 Å². The average Bonchev–Trinajstić information content (AvgIpc) is 2.50. The quantitative estimate of drug-likeness (QED) is 0.284. The van der Waals surface area contributed by atoms with Crippen LogP contribution in [0.25, 0.3) is 0 Å². The van der Waals surface area contributed by atoms with Gasteiger partial charge in [0.2, 0.25) is 5.91 Å². The van der Waals surface area contributed by atoms with Gasteiger partial charge in [-0.25, -0.2) is 0 Å². The first-order valence-electron chi connectivity index (χ1n) is 7.61. The lowest BCUT2D eigenvalue weighted by Crippen LogP contribution is -2.34. The van der Waals surface area contributed by atoms with Crippen molar-refractivity contribution in [3.63, 3.8) is 0 Å². The zero-order valence-electron chi connectivity index (χ0n) is 13.2. The van der Waals surface area contributed by atoms with Crippen LogP contribution in [0.15, 0.2) is 0 Å². The third kappa shape index (κ3) is 15.4. The van der Waals surface area contributed by atoms with Gasteiger partial charge in [-0.15, -0.1) is 0 Å². The summed E-state index contributed by atoms with van der Waals surface area (Å²) in [6.45, 7) is 0.147. The predicted octanol–water partition coefficient (Wildman–Crippen LogP) is -0.667. The van der Waals surface area contributed by atoms with E-state index < -0.39 is 22.0 Å². The molecule has 6 N–H and O–H groups in total. The van der Waals surface area contributed by atoms with Crippen LogP contribution >= 0.6 is 0 Å². The van der Waals surface area contributed by atoms with Gasteiger partial charge in [0, 0.05) is 6.04 Å². The smallest absolute Gasteiger partial charge is 0.322 e. The zero-order chi connectivity index (χ0) is 17.7. The highest BCUT2D eigenvalue weighted by molar-refractivity contribution is 7.85. The van der Waals surface area contributed by atoms with Gasteiger partial charge < -0.3 is 21.5 Å². The number of rotatable bonds is 8. The molecule has 0 aromatic rings. The average molecular weight is 353 g/mol. The Balaban J connectivity index is 0.000000468. The van der Waals surface area contributed by atoms with Crippen molar-refractivity contribution in [1.82, 2.24) is 10.6 Å². The Kier molecular flexibility index (Phi) is 11.6. The number of carbonyl (C=O) groups excluding carboxylic acids is 1. The van der Waals surface area contributed by atoms with Crippen molar-refractivity contribution in [2.24, 2.45) is 5.73 Å². The second-order valence-corrected chi connectivity index (χ2v) is 6.88. The Morgan fingerprint density at radius 1 is 1.17 bits per heavy atom. The number of hydrogen-bond donors (Lipinski definition) is 5. The first kappa shape index (κ1) is 21.8. The summed E-state index contributed by atoms with van der Waals surface area (Å²) in [4.78, 5) is 20.0. The van der Waals surface area contributed by atoms with E-state index in [-0.39, 0.29) is 18.8 Å². The maximum Gasteiger partial charge on any atom is 0.322 e. The van der Waals surface area contributed by atoms with Gasteiger partial charge >= 0.3 is 5.97 Å². The Hall–Kier alpha value is -1.23. The lowest BCUT2D eigenvalue weighted by molar-refractivity contribution is -0.137. The van der Waals surface area contributed by atoms with Gasteiger partial charge in [-0.1, -0.05) is 19.3 Å². The summed E-state index contributed by atoms with van der Waals surface area (Å²) in [7, 11) is -3.77. The molecule has 10 heteroatoms. The number of aliphatic carboxylic acids is 1. The van der Waals surface area contributed by atoms with Gasteiger partial charge in [-0.05, 0) is 25.8 Å². The number of carboxylic acid groups (broad SMARTS) is 1. The summed E-state index contributed by atoms with van der Waals surface area (Å²) >= 11 is 0. The number of nitrogens with two attached hydrogens (primary N) is 1. The van der Waals surface area contributed by atoms with Crippen molar-refractivity contribution in [2.75, 3.05) is 25.4 Å². The number of hydrogen-bond acceptors (Lipinski definition) is 6. The maximum absolute atomic E-state index is 10.4. The molecule has 136 valence electrons. The molecule has 23 heavy (non-hydrogen) atoms. The van der Waals surface area contributed by atoms with Crippen LogP contribution in [0.5, 0.6) is 0 Å². The van der Waals surface area contributed by atoms with Crippen molar-refractivity contribution in [3.05, 3.63) is 0 Å². The second kappa shape index (κ2) is 12.2. The van der Waals surface area contributed by atoms with E-state index in [0.29, 0.717) is 19.0 Å². The third-order valence-corrected chi connectivity index (χ3v) is 4.04. The van der Waals surface area contributed by atoms with E-state index in [1.807, 2.05) is 0 Å². The topological polar surface area (TPSA) is 159 Å². The number of nitrogens with one attached hydrogen (secondary N) is 2. The van der Waals surface area contributed by atoms with Crippen LogP contribution in [0.2, 0.25) is 0 Å². The predicted molar refractivity (Wildman–Crippen MR) is 85.6 cm³/mol. The highest BCUT2D eigenvalue weighted by Crippen LogP contribution is 2.17. The Labute approximate surface area is 136 Å². The molecule has 1 fully saturated rings. The zero-order valence-corrected chi connectivity index (χ0v) is 14.0. The monoisotopic (exact) mass is 353 g/mol. The molecule has 0 saturated heterocycles. The van der Waals surface area contributed by atoms with E-state index in [1.54, 1.807) is 0 Å². The summed E-state index contributed by atoms with van der Waals surface area (Å²) in [5, 5.41) is 13.4. The largest absolute Gasteiger partial charge is 0.480 e. The molecule has 0 aliphatic heterocycles. The lowest BCUT2D eigenvalue weighted by atomic mass is 9.95. The molecule has 0 bridgehead atoms. The molecule has 1 aliphatic carbocycles. The highest BCUT2D eigenvalue weighted by Gasteiger charge is 2.12. The van der Waals surface area contributed by atoms with Gasteiger partial charge in [0.25, 0.3) is 10.1 Å². The van der Waals surface area contributed by atoms with E-state index in [2.05, 4.69) is 10.6 Å². The van der Waals surface area contributed by atoms with Gasteiger partial charge in [-0.3, -0.25) is 14.1 Å². The van der Waals surface area contributed by atoms with Crippen LogP contribution < -0.4 is 16.4 Å². The van der Waals surface area contributed by atoms with E-state index in [0.717, 1.165) is 0 Å². The van der Waals surface area contributed by atoms with E-state index in [1.165, 1.54) is 32.1 Å². The van der Waals surface area contributed by atoms with E-state index >= 15 is 0 Å². The fraction of sp³-hybridized carbons (Fsp3) is 0.846. The normalized spacial score (nSPS) is 15.4. The number of carboxylic acids is 1. The molecule has 0 aromatic carbocycles. The van der Waals surface area contributed by atoms with Gasteiger partial charge in [-0.2, -0.15) is 8.42 Å². The van der Waals surface area contributed by atoms with Crippen molar-refractivity contribution in [3.8, 4) is 0 Å². The fourth-order valence-corrected chi connectivity index (χ4v) is 2.62. The van der Waals surface area contributed by atoms with E-state index in [4.69, 9.17) is 15.4 Å². The first-order chi connectivity index (χ1) is 10.7. The third-order valence-electron chi connectivity index (χ3n) is 3.24. The minimum atomic E-state index is -3.77. The van der Waals surface area contributed by atoms with Crippen LogP contribution in [-0.2, 0) is 19.7 Å². The molecule has 0 unspecified atom stereocenters. The Morgan fingerprint density at radius 3 is 2.26 bits per heavy atom. The summed E-state index contributed by atoms with van der Waals surface area (Å²) in [6, 6.07) is 0.560. The number of amides is 1. The summed E-state index contributed by atoms with van der Waals surface area (Å²) in [6.07, 6.45) is 6.77. The van der Waals surface area contributed by atoms with E-state index in [9.17, 15) is 18.0 Å². The summed E-state index contributed by atoms with van der Waals surface area (Å²) in [5.74, 6) is -1.67. The van der Waals surface area contributed by atoms with Crippen molar-refractivity contribution in [2.45, 2.75) is 44.6 Å². The van der Waals surface area contributed by atoms with Crippen LogP contribution in [0.3, 0.4) is 0 Å². The molecule has 0 aromatic heterocycles. The van der Waals surface area contributed by atoms with Gasteiger partial charge in [0.15, 0.2) is 0 Å². The minimum Gasteiger partial charge on any atom is -0.480 e. The Morgan fingerprint density at radius 2 is 1.78 bits per heavy atom. The van der Waals surface area contributed by atoms with Crippen LogP contribution in [-0.4, -0.2) is 61.4 Å².